The normalized spacial score (nSPS) is 24.3. The number of ether oxygens (including phenoxy) is 1. The number of fused-ring (bicyclic) bond motifs is 5. The van der Waals surface area contributed by atoms with Crippen LogP contribution in [-0.4, -0.2) is 34.5 Å². The van der Waals surface area contributed by atoms with Crippen molar-refractivity contribution in [3.8, 4) is 5.75 Å². The summed E-state index contributed by atoms with van der Waals surface area (Å²) >= 11 is 0. The number of hydrogen-bond donors (Lipinski definition) is 0. The molecule has 174 valence electrons. The van der Waals surface area contributed by atoms with E-state index in [4.69, 9.17) is 9.15 Å². The van der Waals surface area contributed by atoms with Crippen LogP contribution in [0.25, 0.3) is 6.08 Å². The quantitative estimate of drug-likeness (QED) is 0.250. The van der Waals surface area contributed by atoms with Gasteiger partial charge in [0.2, 0.25) is 17.6 Å². The topological polar surface area (TPSA) is 97.1 Å². The lowest BCUT2D eigenvalue weighted by Crippen LogP contribution is -2.44. The fraction of sp³-hybridized carbons (Fsp3) is 0.185. The summed E-state index contributed by atoms with van der Waals surface area (Å²) in [6, 6.07) is 15.7. The molecule has 2 amide bonds. The maximum Gasteiger partial charge on any atom is 0.308 e. The van der Waals surface area contributed by atoms with E-state index in [0.29, 0.717) is 11.4 Å². The molecule has 2 saturated heterocycles. The highest BCUT2D eigenvalue weighted by molar-refractivity contribution is 6.24. The van der Waals surface area contributed by atoms with Crippen molar-refractivity contribution in [1.29, 1.82) is 0 Å². The van der Waals surface area contributed by atoms with Crippen LogP contribution in [0.3, 0.4) is 0 Å². The van der Waals surface area contributed by atoms with Gasteiger partial charge in [0.1, 0.15) is 11.8 Å². The fourth-order valence-electron chi connectivity index (χ4n) is 5.51. The van der Waals surface area contributed by atoms with E-state index in [-0.39, 0.29) is 17.5 Å². The molecule has 0 aliphatic carbocycles. The van der Waals surface area contributed by atoms with Gasteiger partial charge in [0.05, 0.1) is 29.8 Å². The van der Waals surface area contributed by atoms with Gasteiger partial charge in [-0.15, -0.1) is 0 Å². The number of amides is 2. The van der Waals surface area contributed by atoms with E-state index >= 15 is 0 Å². The molecule has 35 heavy (non-hydrogen) atoms. The first-order valence-electron chi connectivity index (χ1n) is 11.2. The molecule has 0 unspecified atom stereocenters. The predicted octanol–water partition coefficient (Wildman–Crippen LogP) is 3.60. The molecule has 0 spiro atoms. The van der Waals surface area contributed by atoms with Gasteiger partial charge in [0.15, 0.2) is 5.76 Å². The Bertz CT molecular complexity index is 1390. The lowest BCUT2D eigenvalue weighted by atomic mass is 9.84. The minimum absolute atomic E-state index is 0.145. The molecule has 0 bridgehead atoms. The Morgan fingerprint density at radius 1 is 0.914 bits per heavy atom. The molecule has 2 aromatic carbocycles. The maximum atomic E-state index is 13.8. The molecule has 6 rings (SSSR count). The second-order valence-electron chi connectivity index (χ2n) is 8.77. The van der Waals surface area contributed by atoms with Gasteiger partial charge in [-0.05, 0) is 53.6 Å². The first-order chi connectivity index (χ1) is 17.0. The summed E-state index contributed by atoms with van der Waals surface area (Å²) in [4.78, 5) is 55.4. The Kier molecular flexibility index (Phi) is 4.70. The molecule has 3 aliphatic rings. The summed E-state index contributed by atoms with van der Waals surface area (Å²) in [5.41, 5.74) is 2.21. The van der Waals surface area contributed by atoms with Gasteiger partial charge in [0.25, 0.3) is 0 Å². The third-order valence-corrected chi connectivity index (χ3v) is 6.85. The highest BCUT2D eigenvalue weighted by atomic mass is 16.5. The van der Waals surface area contributed by atoms with Crippen molar-refractivity contribution in [2.24, 2.45) is 11.8 Å². The molecule has 4 atom stereocenters. The van der Waals surface area contributed by atoms with Crippen LogP contribution in [0.15, 0.2) is 77.5 Å². The second-order valence-corrected chi connectivity index (χ2v) is 8.77. The molecule has 0 saturated carbocycles. The SMILES string of the molecule is CC(=O)Oc1ccc(N2C(=O)[C@@H]3[C@H](C2=O)[C@@H]2c4ccccc4C=CN2[C@@H]3C(=O)c2ccco2)cc1. The molecule has 0 radical (unpaired) electrons. The van der Waals surface area contributed by atoms with Crippen LogP contribution in [0.5, 0.6) is 5.75 Å². The molecule has 8 heteroatoms. The van der Waals surface area contributed by atoms with Crippen molar-refractivity contribution in [1.82, 2.24) is 4.90 Å². The molecule has 4 heterocycles. The van der Waals surface area contributed by atoms with Crippen LogP contribution < -0.4 is 9.64 Å². The third kappa shape index (κ3) is 3.13. The van der Waals surface area contributed by atoms with Crippen LogP contribution in [-0.2, 0) is 14.4 Å². The minimum atomic E-state index is -0.887. The molecule has 0 N–H and O–H groups in total. The molecule has 3 aliphatic heterocycles. The highest BCUT2D eigenvalue weighted by Gasteiger charge is 2.64. The first kappa shape index (κ1) is 21.1. The third-order valence-electron chi connectivity index (χ3n) is 6.85. The van der Waals surface area contributed by atoms with Gasteiger partial charge < -0.3 is 14.1 Å². The number of imide groups is 1. The van der Waals surface area contributed by atoms with Crippen molar-refractivity contribution >= 4 is 35.3 Å². The largest absolute Gasteiger partial charge is 0.461 e. The Morgan fingerprint density at radius 2 is 1.66 bits per heavy atom. The van der Waals surface area contributed by atoms with Crippen molar-refractivity contribution in [2.75, 3.05) is 4.90 Å². The smallest absolute Gasteiger partial charge is 0.308 e. The highest BCUT2D eigenvalue weighted by Crippen LogP contribution is 2.53. The van der Waals surface area contributed by atoms with E-state index in [1.807, 2.05) is 35.2 Å². The van der Waals surface area contributed by atoms with E-state index in [2.05, 4.69) is 0 Å². The Morgan fingerprint density at radius 3 is 2.37 bits per heavy atom. The van der Waals surface area contributed by atoms with Gasteiger partial charge in [0, 0.05) is 13.1 Å². The number of ketones is 1. The molecular formula is C27H20N2O6. The number of hydrogen-bond acceptors (Lipinski definition) is 7. The van der Waals surface area contributed by atoms with E-state index < -0.39 is 35.8 Å². The van der Waals surface area contributed by atoms with Crippen molar-refractivity contribution in [3.05, 3.63) is 90.0 Å². The average molecular weight is 468 g/mol. The molecular weight excluding hydrogens is 448 g/mol. The molecule has 3 aromatic rings. The van der Waals surface area contributed by atoms with Crippen LogP contribution in [0.2, 0.25) is 0 Å². The van der Waals surface area contributed by atoms with Crippen molar-refractivity contribution in [2.45, 2.75) is 19.0 Å². The van der Waals surface area contributed by atoms with Gasteiger partial charge in [-0.3, -0.25) is 19.2 Å². The number of furan rings is 1. The minimum Gasteiger partial charge on any atom is -0.461 e. The summed E-state index contributed by atoms with van der Waals surface area (Å²) in [6.45, 7) is 1.29. The van der Waals surface area contributed by atoms with Gasteiger partial charge in [-0.1, -0.05) is 24.3 Å². The van der Waals surface area contributed by atoms with Crippen LogP contribution >= 0.6 is 0 Å². The van der Waals surface area contributed by atoms with Crippen LogP contribution in [0.4, 0.5) is 5.69 Å². The zero-order chi connectivity index (χ0) is 24.3. The number of rotatable bonds is 4. The van der Waals surface area contributed by atoms with E-state index in [1.54, 1.807) is 30.5 Å². The summed E-state index contributed by atoms with van der Waals surface area (Å²) in [7, 11) is 0. The van der Waals surface area contributed by atoms with Crippen molar-refractivity contribution < 1.29 is 28.3 Å². The van der Waals surface area contributed by atoms with Crippen molar-refractivity contribution in [3.63, 3.8) is 0 Å². The lowest BCUT2D eigenvalue weighted by molar-refractivity contribution is -0.132. The summed E-state index contributed by atoms with van der Waals surface area (Å²) in [5.74, 6) is -2.79. The number of benzene rings is 2. The molecule has 1 aromatic heterocycles. The zero-order valence-electron chi connectivity index (χ0n) is 18.7. The van der Waals surface area contributed by atoms with E-state index in [1.165, 1.54) is 25.3 Å². The van der Waals surface area contributed by atoms with Crippen LogP contribution in [0.1, 0.15) is 34.6 Å². The molecule has 8 nitrogen and oxygen atoms in total. The van der Waals surface area contributed by atoms with Crippen LogP contribution in [0, 0.1) is 11.8 Å². The first-order valence-corrected chi connectivity index (χ1v) is 11.2. The van der Waals surface area contributed by atoms with Gasteiger partial charge in [-0.2, -0.15) is 0 Å². The zero-order valence-corrected chi connectivity index (χ0v) is 18.7. The second kappa shape index (κ2) is 7.80. The summed E-state index contributed by atoms with van der Waals surface area (Å²) < 4.78 is 10.4. The number of Topliss-reactive ketones (excluding diaryl/α,β-unsaturated/α-hetero) is 1. The van der Waals surface area contributed by atoms with Gasteiger partial charge >= 0.3 is 5.97 Å². The standard InChI is InChI=1S/C27H20N2O6/c1-15(30)35-18-10-8-17(9-11-18)29-26(32)21-22(27(29)33)24(25(31)20-7-4-14-34-20)28-13-12-16-5-2-3-6-19(16)23(21)28/h2-14,21-24H,1H3/t21-,22+,23-,24-/m0/s1. The van der Waals surface area contributed by atoms with Gasteiger partial charge in [-0.25, -0.2) is 4.90 Å². The summed E-state index contributed by atoms with van der Waals surface area (Å²) in [5, 5.41) is 0. The Balaban J connectivity index is 1.44. The summed E-state index contributed by atoms with van der Waals surface area (Å²) in [6.07, 6.45) is 5.11. The maximum absolute atomic E-state index is 13.8. The number of esters is 1. The predicted molar refractivity (Wildman–Crippen MR) is 124 cm³/mol. The number of anilines is 1. The monoisotopic (exact) mass is 468 g/mol. The molecule has 2 fully saturated rings. The number of carbonyl (C=O) groups is 4. The number of carbonyl (C=O) groups excluding carboxylic acids is 4. The average Bonchev–Trinajstić information content (AvgIpc) is 3.56. The van der Waals surface area contributed by atoms with E-state index in [9.17, 15) is 19.2 Å². The van der Waals surface area contributed by atoms with E-state index in [0.717, 1.165) is 16.0 Å². The Hall–Kier alpha value is -4.46. The Labute approximate surface area is 200 Å². The lowest BCUT2D eigenvalue weighted by Gasteiger charge is -2.35. The fourth-order valence-corrected chi connectivity index (χ4v) is 5.51. The number of nitrogens with zero attached hydrogens (tertiary/aromatic N) is 2.